The summed E-state index contributed by atoms with van der Waals surface area (Å²) in [5, 5.41) is 14.2. The molecule has 0 bridgehead atoms. The monoisotopic (exact) mass is 624 g/mol. The second-order valence-electron chi connectivity index (χ2n) is 12.1. The molecule has 0 aliphatic carbocycles. The third-order valence-corrected chi connectivity index (χ3v) is 9.43. The number of amides is 1. The summed E-state index contributed by atoms with van der Waals surface area (Å²) in [5.74, 6) is 0.437. The van der Waals surface area contributed by atoms with E-state index in [1.807, 2.05) is 6.07 Å². The molecule has 2 atom stereocenters. The summed E-state index contributed by atoms with van der Waals surface area (Å²) >= 11 is 0. The first-order valence-corrected chi connectivity index (χ1v) is 15.0. The summed E-state index contributed by atoms with van der Waals surface area (Å²) in [6, 6.07) is 8.85. The van der Waals surface area contributed by atoms with Crippen LogP contribution in [-0.4, -0.2) is 66.8 Å². The van der Waals surface area contributed by atoms with Crippen LogP contribution < -0.4 is 10.1 Å². The first kappa shape index (κ1) is 28.3. The van der Waals surface area contributed by atoms with Gasteiger partial charge in [-0.1, -0.05) is 12.0 Å². The lowest BCUT2D eigenvalue weighted by Gasteiger charge is -2.30. The van der Waals surface area contributed by atoms with Crippen molar-refractivity contribution in [1.29, 1.82) is 0 Å². The van der Waals surface area contributed by atoms with Crippen LogP contribution in [0.25, 0.3) is 44.3 Å². The summed E-state index contributed by atoms with van der Waals surface area (Å²) in [6.07, 6.45) is 8.11. The van der Waals surface area contributed by atoms with Gasteiger partial charge >= 0.3 is 6.01 Å². The van der Waals surface area contributed by atoms with E-state index in [2.05, 4.69) is 26.1 Å². The fourth-order valence-electron chi connectivity index (χ4n) is 7.33. The fourth-order valence-corrected chi connectivity index (χ4v) is 7.33. The van der Waals surface area contributed by atoms with E-state index in [-0.39, 0.29) is 63.9 Å². The maximum Gasteiger partial charge on any atom is 0.317 e. The molecule has 0 spiro atoms. The van der Waals surface area contributed by atoms with E-state index in [9.17, 15) is 18.7 Å². The Morgan fingerprint density at radius 2 is 2.04 bits per heavy atom. The van der Waals surface area contributed by atoms with E-state index in [0.29, 0.717) is 36.3 Å². The highest BCUT2D eigenvalue weighted by molar-refractivity contribution is 6.03. The van der Waals surface area contributed by atoms with Crippen LogP contribution in [0.2, 0.25) is 0 Å². The summed E-state index contributed by atoms with van der Waals surface area (Å²) in [7, 11) is 0. The lowest BCUT2D eigenvalue weighted by Crippen LogP contribution is -2.43. The SMILES string of the molecule is C#Cc1c(F)ccc2cc(O)cc(-c3ncc4c(-c5ccc6n5CC(=O)NC6)nc(OC[C@@]56CCCN5C[C@H](F)C6)nc4c3F)c12. The molecule has 8 rings (SSSR count). The van der Waals surface area contributed by atoms with Crippen LogP contribution in [0.4, 0.5) is 13.2 Å². The maximum atomic E-state index is 16.8. The van der Waals surface area contributed by atoms with E-state index in [1.165, 1.54) is 30.5 Å². The molecule has 2 N–H and O–H groups in total. The van der Waals surface area contributed by atoms with Gasteiger partial charge in [-0.2, -0.15) is 9.97 Å². The van der Waals surface area contributed by atoms with Crippen molar-refractivity contribution in [2.75, 3.05) is 19.7 Å². The van der Waals surface area contributed by atoms with Crippen LogP contribution in [-0.2, 0) is 17.9 Å². The normalized spacial score (nSPS) is 20.9. The molecule has 0 radical (unpaired) electrons. The van der Waals surface area contributed by atoms with Gasteiger partial charge in [-0.05, 0) is 55.1 Å². The number of fused-ring (bicyclic) bond motifs is 4. The van der Waals surface area contributed by atoms with Crippen LogP contribution in [0, 0.1) is 24.0 Å². The number of hydrogen-bond acceptors (Lipinski definition) is 7. The van der Waals surface area contributed by atoms with Crippen LogP contribution in [0.15, 0.2) is 42.6 Å². The van der Waals surface area contributed by atoms with Crippen molar-refractivity contribution in [3.8, 4) is 46.7 Å². The number of nitrogens with zero attached hydrogens (tertiary/aromatic N) is 5. The number of rotatable bonds is 5. The molecule has 46 heavy (non-hydrogen) atoms. The van der Waals surface area contributed by atoms with E-state index < -0.39 is 23.3 Å². The van der Waals surface area contributed by atoms with Crippen molar-refractivity contribution >= 4 is 27.6 Å². The highest BCUT2D eigenvalue weighted by Gasteiger charge is 2.49. The minimum atomic E-state index is -0.962. The summed E-state index contributed by atoms with van der Waals surface area (Å²) in [5.41, 5.74) is 0.827. The predicted octanol–water partition coefficient (Wildman–Crippen LogP) is 4.86. The Morgan fingerprint density at radius 1 is 1.17 bits per heavy atom. The molecule has 0 unspecified atom stereocenters. The molecule has 6 heterocycles. The van der Waals surface area contributed by atoms with Crippen LogP contribution in [0.5, 0.6) is 11.8 Å². The van der Waals surface area contributed by atoms with E-state index in [4.69, 9.17) is 16.1 Å². The smallest absolute Gasteiger partial charge is 0.317 e. The Balaban J connectivity index is 1.32. The number of pyridine rings is 1. The molecule has 2 aromatic carbocycles. The molecule has 3 aliphatic heterocycles. The molecule has 2 fully saturated rings. The topological polar surface area (TPSA) is 105 Å². The Morgan fingerprint density at radius 3 is 2.89 bits per heavy atom. The Labute approximate surface area is 261 Å². The van der Waals surface area contributed by atoms with E-state index in [1.54, 1.807) is 10.6 Å². The zero-order valence-corrected chi connectivity index (χ0v) is 24.5. The average Bonchev–Trinajstić information content (AvgIpc) is 3.71. The first-order valence-electron chi connectivity index (χ1n) is 15.0. The molecule has 0 saturated carbocycles. The van der Waals surface area contributed by atoms with Gasteiger partial charge in [-0.3, -0.25) is 14.7 Å². The van der Waals surface area contributed by atoms with Crippen molar-refractivity contribution in [1.82, 2.24) is 29.7 Å². The zero-order chi connectivity index (χ0) is 31.7. The zero-order valence-electron chi connectivity index (χ0n) is 24.5. The largest absolute Gasteiger partial charge is 0.508 e. The Kier molecular flexibility index (Phi) is 6.44. The number of alkyl halides is 1. The van der Waals surface area contributed by atoms with Gasteiger partial charge in [-0.25, -0.2) is 13.2 Å². The minimum Gasteiger partial charge on any atom is -0.508 e. The highest BCUT2D eigenvalue weighted by Crippen LogP contribution is 2.42. The van der Waals surface area contributed by atoms with Crippen molar-refractivity contribution in [3.05, 3.63) is 65.5 Å². The molecular weight excluding hydrogens is 597 g/mol. The molecule has 1 amide bonds. The summed E-state index contributed by atoms with van der Waals surface area (Å²) in [4.78, 5) is 28.0. The third-order valence-electron chi connectivity index (χ3n) is 9.43. The number of terminal acetylenes is 1. The van der Waals surface area contributed by atoms with Crippen LogP contribution in [0.3, 0.4) is 0 Å². The van der Waals surface area contributed by atoms with Gasteiger partial charge in [-0.15, -0.1) is 6.42 Å². The van der Waals surface area contributed by atoms with E-state index in [0.717, 1.165) is 25.1 Å². The van der Waals surface area contributed by atoms with Crippen LogP contribution >= 0.6 is 0 Å². The van der Waals surface area contributed by atoms with Gasteiger partial charge in [0, 0.05) is 41.2 Å². The molecule has 9 nitrogen and oxygen atoms in total. The number of aromatic hydroxyl groups is 1. The first-order chi connectivity index (χ1) is 22.2. The molecule has 3 aromatic heterocycles. The third kappa shape index (κ3) is 4.37. The Bertz CT molecular complexity index is 2140. The number of phenolic OH excluding ortho intramolecular Hbond substituents is 1. The molecule has 232 valence electrons. The Hall–Kier alpha value is -5.15. The second kappa shape index (κ2) is 10.5. The number of phenols is 1. The minimum absolute atomic E-state index is 0.0407. The molecule has 2 saturated heterocycles. The quantitative estimate of drug-likeness (QED) is 0.269. The number of benzene rings is 2. The number of hydrogen-bond donors (Lipinski definition) is 2. The summed E-state index contributed by atoms with van der Waals surface area (Å²) < 4.78 is 54.0. The predicted molar refractivity (Wildman–Crippen MR) is 164 cm³/mol. The van der Waals surface area contributed by atoms with Crippen molar-refractivity contribution in [2.45, 2.75) is 44.1 Å². The van der Waals surface area contributed by atoms with Crippen molar-refractivity contribution < 1.29 is 27.8 Å². The van der Waals surface area contributed by atoms with Gasteiger partial charge in [0.15, 0.2) is 5.82 Å². The van der Waals surface area contributed by atoms with Crippen LogP contribution in [0.1, 0.15) is 30.5 Å². The maximum absolute atomic E-state index is 16.8. The molecular formula is C34H27F3N6O3. The van der Waals surface area contributed by atoms with Crippen molar-refractivity contribution in [2.24, 2.45) is 0 Å². The number of ether oxygens (including phenoxy) is 1. The number of nitrogens with one attached hydrogen (secondary N) is 1. The number of carbonyl (C=O) groups excluding carboxylic acids is 1. The lowest BCUT2D eigenvalue weighted by molar-refractivity contribution is -0.122. The average molecular weight is 625 g/mol. The summed E-state index contributed by atoms with van der Waals surface area (Å²) in [6.45, 7) is 1.60. The number of halogens is 3. The second-order valence-corrected chi connectivity index (χ2v) is 12.1. The van der Waals surface area contributed by atoms with E-state index >= 15 is 4.39 Å². The standard InChI is InChI=1S/C34H27F3N6O3/c1-2-22-25(36)6-4-18-10-21(44)11-23(28(18)22)31-29(37)32-24(14-39-31)30(26-7-5-20-13-38-27(45)16-43(20)26)40-33(41-32)46-17-34-8-3-9-42(34)15-19(35)12-34/h1,4-7,10-11,14,19,44H,3,8-9,12-13,15-17H2,(H,38,45)/t19-,34+/m1/s1. The molecule has 3 aliphatic rings. The van der Waals surface area contributed by atoms with Gasteiger partial charge in [0.25, 0.3) is 0 Å². The van der Waals surface area contributed by atoms with Gasteiger partial charge < -0.3 is 19.7 Å². The number of aromatic nitrogens is 4. The highest BCUT2D eigenvalue weighted by atomic mass is 19.1. The molecule has 12 heteroatoms. The lowest BCUT2D eigenvalue weighted by atomic mass is 9.95. The molecule has 5 aromatic rings. The fraction of sp³-hybridized carbons (Fsp3) is 0.294. The number of carbonyl (C=O) groups is 1. The van der Waals surface area contributed by atoms with Gasteiger partial charge in [0.05, 0.1) is 23.3 Å². The van der Waals surface area contributed by atoms with Gasteiger partial charge in [0.1, 0.15) is 47.8 Å². The van der Waals surface area contributed by atoms with Crippen molar-refractivity contribution in [3.63, 3.8) is 0 Å². The van der Waals surface area contributed by atoms with Gasteiger partial charge in [0.2, 0.25) is 5.91 Å².